The number of aromatic hydroxyl groups is 1. The average molecular weight is 474 g/mol. The maximum absolute atomic E-state index is 12.9. The lowest BCUT2D eigenvalue weighted by atomic mass is 9.86. The third kappa shape index (κ3) is 5.00. The van der Waals surface area contributed by atoms with Crippen molar-refractivity contribution in [1.29, 1.82) is 0 Å². The summed E-state index contributed by atoms with van der Waals surface area (Å²) in [5, 5.41) is 17.2. The van der Waals surface area contributed by atoms with Gasteiger partial charge < -0.3 is 25.2 Å². The number of benzene rings is 1. The zero-order valence-corrected chi connectivity index (χ0v) is 20.7. The minimum absolute atomic E-state index is 0.0485. The van der Waals surface area contributed by atoms with E-state index < -0.39 is 0 Å². The number of rotatable bonds is 6. The van der Waals surface area contributed by atoms with Gasteiger partial charge in [-0.05, 0) is 37.0 Å². The number of likely N-dealkylation sites (tertiary alicyclic amines) is 1. The SMILES string of the molecule is C=CC(=O)N1CC(NC(=O)c2c(C)nc(C(C)Nc3cc(C(C)(C)C)c(Cl)cc3O)n2C)C1. The monoisotopic (exact) mass is 473 g/mol. The fourth-order valence-corrected chi connectivity index (χ4v) is 4.49. The van der Waals surface area contributed by atoms with Crippen molar-refractivity contribution in [2.75, 3.05) is 18.4 Å². The minimum Gasteiger partial charge on any atom is -0.506 e. The average Bonchev–Trinajstić information content (AvgIpc) is 2.99. The topological polar surface area (TPSA) is 99.5 Å². The Labute approximate surface area is 199 Å². The molecule has 0 radical (unpaired) electrons. The van der Waals surface area contributed by atoms with Crippen LogP contribution in [0.2, 0.25) is 5.02 Å². The highest BCUT2D eigenvalue weighted by Crippen LogP contribution is 2.38. The van der Waals surface area contributed by atoms with Crippen molar-refractivity contribution in [1.82, 2.24) is 19.8 Å². The van der Waals surface area contributed by atoms with Crippen LogP contribution in [0.25, 0.3) is 0 Å². The molecule has 1 atom stereocenters. The Hall–Kier alpha value is -3.00. The van der Waals surface area contributed by atoms with E-state index in [4.69, 9.17) is 11.6 Å². The third-order valence-electron chi connectivity index (χ3n) is 5.87. The van der Waals surface area contributed by atoms with Crippen LogP contribution in [0.3, 0.4) is 0 Å². The highest BCUT2D eigenvalue weighted by molar-refractivity contribution is 6.31. The van der Waals surface area contributed by atoms with E-state index in [0.717, 1.165) is 5.56 Å². The van der Waals surface area contributed by atoms with E-state index in [9.17, 15) is 14.7 Å². The number of nitrogens with one attached hydrogen (secondary N) is 2. The van der Waals surface area contributed by atoms with Gasteiger partial charge in [0, 0.05) is 31.2 Å². The summed E-state index contributed by atoms with van der Waals surface area (Å²) in [5.41, 5.74) is 2.33. The van der Waals surface area contributed by atoms with Crippen LogP contribution < -0.4 is 10.6 Å². The van der Waals surface area contributed by atoms with Crippen molar-refractivity contribution >= 4 is 29.1 Å². The molecule has 1 aromatic heterocycles. The van der Waals surface area contributed by atoms with Crippen LogP contribution >= 0.6 is 11.6 Å². The predicted octanol–water partition coefficient (Wildman–Crippen LogP) is 3.68. The molecule has 3 N–H and O–H groups in total. The summed E-state index contributed by atoms with van der Waals surface area (Å²) in [6.45, 7) is 14.3. The minimum atomic E-state index is -0.292. The van der Waals surface area contributed by atoms with E-state index in [-0.39, 0.29) is 35.1 Å². The molecular weight excluding hydrogens is 442 g/mol. The number of phenols is 1. The molecule has 1 aliphatic rings. The second-order valence-electron chi connectivity index (χ2n) is 9.55. The van der Waals surface area contributed by atoms with Crippen molar-refractivity contribution in [3.05, 3.63) is 52.6 Å². The van der Waals surface area contributed by atoms with Crippen molar-refractivity contribution in [3.63, 3.8) is 0 Å². The normalized spacial score (nSPS) is 15.1. The van der Waals surface area contributed by atoms with Crippen LogP contribution in [0.4, 0.5) is 5.69 Å². The molecule has 9 heteroatoms. The fourth-order valence-electron chi connectivity index (χ4n) is 4.04. The van der Waals surface area contributed by atoms with Gasteiger partial charge in [-0.15, -0.1) is 0 Å². The van der Waals surface area contributed by atoms with Gasteiger partial charge in [-0.25, -0.2) is 4.98 Å². The largest absolute Gasteiger partial charge is 0.506 e. The highest BCUT2D eigenvalue weighted by Gasteiger charge is 2.32. The quantitative estimate of drug-likeness (QED) is 0.439. The lowest BCUT2D eigenvalue weighted by Gasteiger charge is -2.38. The van der Waals surface area contributed by atoms with Crippen molar-refractivity contribution < 1.29 is 14.7 Å². The van der Waals surface area contributed by atoms with Gasteiger partial charge in [0.1, 0.15) is 17.3 Å². The van der Waals surface area contributed by atoms with Gasteiger partial charge in [-0.1, -0.05) is 39.0 Å². The second-order valence-corrected chi connectivity index (χ2v) is 9.95. The number of hydrogen-bond donors (Lipinski definition) is 3. The predicted molar refractivity (Wildman–Crippen MR) is 130 cm³/mol. The molecule has 0 bridgehead atoms. The van der Waals surface area contributed by atoms with E-state index in [1.165, 1.54) is 6.08 Å². The second kappa shape index (κ2) is 9.09. The number of phenolic OH excluding ortho intramolecular Hbond substituents is 1. The molecule has 0 spiro atoms. The molecule has 2 heterocycles. The zero-order valence-electron chi connectivity index (χ0n) is 20.0. The number of nitrogens with zero attached hydrogens (tertiary/aromatic N) is 3. The third-order valence-corrected chi connectivity index (χ3v) is 6.19. The molecule has 1 unspecified atom stereocenters. The number of anilines is 1. The van der Waals surface area contributed by atoms with Gasteiger partial charge in [0.15, 0.2) is 0 Å². The fraction of sp³-hybridized carbons (Fsp3) is 0.458. The first-order valence-electron chi connectivity index (χ1n) is 10.9. The first kappa shape index (κ1) is 24.6. The number of halogens is 1. The summed E-state index contributed by atoms with van der Waals surface area (Å²) in [7, 11) is 1.79. The van der Waals surface area contributed by atoms with Crippen molar-refractivity contribution in [2.24, 2.45) is 7.05 Å². The van der Waals surface area contributed by atoms with Crippen LogP contribution in [-0.2, 0) is 17.3 Å². The van der Waals surface area contributed by atoms with Gasteiger partial charge in [-0.3, -0.25) is 9.59 Å². The summed E-state index contributed by atoms with van der Waals surface area (Å²) in [4.78, 5) is 30.7. The molecule has 1 aromatic carbocycles. The molecule has 0 saturated carbocycles. The lowest BCUT2D eigenvalue weighted by Crippen LogP contribution is -2.60. The molecule has 33 heavy (non-hydrogen) atoms. The van der Waals surface area contributed by atoms with Gasteiger partial charge >= 0.3 is 0 Å². The number of carbonyl (C=O) groups excluding carboxylic acids is 2. The number of imidazole rings is 1. The summed E-state index contributed by atoms with van der Waals surface area (Å²) in [6.07, 6.45) is 1.27. The Balaban J connectivity index is 1.76. The van der Waals surface area contributed by atoms with Crippen LogP contribution in [0.15, 0.2) is 24.8 Å². The molecule has 1 fully saturated rings. The Morgan fingerprint density at radius 3 is 2.55 bits per heavy atom. The number of aryl methyl sites for hydroxylation is 1. The molecule has 1 aliphatic heterocycles. The molecule has 0 aliphatic carbocycles. The summed E-state index contributed by atoms with van der Waals surface area (Å²) >= 11 is 6.34. The molecule has 1 saturated heterocycles. The number of aromatic nitrogens is 2. The maximum atomic E-state index is 12.9. The van der Waals surface area contributed by atoms with E-state index in [1.807, 2.05) is 13.0 Å². The van der Waals surface area contributed by atoms with Crippen LogP contribution in [0, 0.1) is 6.92 Å². The number of carbonyl (C=O) groups is 2. The summed E-state index contributed by atoms with van der Waals surface area (Å²) in [5.74, 6) is 0.328. The van der Waals surface area contributed by atoms with E-state index >= 15 is 0 Å². The number of hydrogen-bond acceptors (Lipinski definition) is 5. The van der Waals surface area contributed by atoms with Crippen LogP contribution in [-0.4, -0.2) is 50.5 Å². The van der Waals surface area contributed by atoms with Crippen LogP contribution in [0.1, 0.15) is 61.3 Å². The van der Waals surface area contributed by atoms with Crippen LogP contribution in [0.5, 0.6) is 5.75 Å². The number of amides is 2. The molecule has 8 nitrogen and oxygen atoms in total. The van der Waals surface area contributed by atoms with Gasteiger partial charge in [-0.2, -0.15) is 0 Å². The van der Waals surface area contributed by atoms with Crippen molar-refractivity contribution in [2.45, 2.75) is 52.1 Å². The van der Waals surface area contributed by atoms with E-state index in [0.29, 0.717) is 41.0 Å². The first-order chi connectivity index (χ1) is 15.3. The Morgan fingerprint density at radius 1 is 1.33 bits per heavy atom. The van der Waals surface area contributed by atoms with E-state index in [2.05, 4.69) is 43.0 Å². The lowest BCUT2D eigenvalue weighted by molar-refractivity contribution is -0.130. The highest BCUT2D eigenvalue weighted by atomic mass is 35.5. The summed E-state index contributed by atoms with van der Waals surface area (Å²) < 4.78 is 1.76. The summed E-state index contributed by atoms with van der Waals surface area (Å²) in [6, 6.07) is 3.00. The van der Waals surface area contributed by atoms with Gasteiger partial charge in [0.05, 0.1) is 23.5 Å². The Kier molecular flexibility index (Phi) is 6.79. The molecule has 2 amide bonds. The van der Waals surface area contributed by atoms with Gasteiger partial charge in [0.2, 0.25) is 5.91 Å². The molecule has 3 rings (SSSR count). The van der Waals surface area contributed by atoms with Gasteiger partial charge in [0.25, 0.3) is 5.91 Å². The molecule has 2 aromatic rings. The van der Waals surface area contributed by atoms with Crippen molar-refractivity contribution in [3.8, 4) is 5.75 Å². The smallest absolute Gasteiger partial charge is 0.270 e. The first-order valence-corrected chi connectivity index (χ1v) is 11.3. The Morgan fingerprint density at radius 2 is 1.97 bits per heavy atom. The van der Waals surface area contributed by atoms with E-state index in [1.54, 1.807) is 29.5 Å². The standard InChI is InChI=1S/C24H32ClN5O3/c1-8-20(32)30-11-15(12-30)28-23(33)21-13(2)27-22(29(21)7)14(3)26-18-9-16(24(4,5)6)17(25)10-19(18)31/h8-10,14-15,26,31H,1,11-12H2,2-7H3,(H,28,33). The molecule has 178 valence electrons. The molecular formula is C24H32ClN5O3. The Bertz CT molecular complexity index is 1100. The zero-order chi connectivity index (χ0) is 24.7. The maximum Gasteiger partial charge on any atom is 0.270 e.